The van der Waals surface area contributed by atoms with Gasteiger partial charge in [-0.1, -0.05) is 50.2 Å². The molecular weight excluding hydrogens is 226 g/mol. The maximum Gasteiger partial charge on any atom is 0.154 e. The van der Waals surface area contributed by atoms with Crippen molar-refractivity contribution in [3.63, 3.8) is 0 Å². The summed E-state index contributed by atoms with van der Waals surface area (Å²) in [6, 6.07) is 15.1. The molecule has 0 bridgehead atoms. The van der Waals surface area contributed by atoms with Crippen LogP contribution in [0.4, 0.5) is 0 Å². The average Bonchev–Trinajstić information content (AvgIpc) is 2.39. The number of hydrogen-bond acceptors (Lipinski definition) is 3. The van der Waals surface area contributed by atoms with E-state index in [1.54, 1.807) is 6.07 Å². The van der Waals surface area contributed by atoms with Gasteiger partial charge in [-0.25, -0.2) is 0 Å². The number of phenolic OH excluding ortho intramolecular Hbond substituents is 1. The van der Waals surface area contributed by atoms with Crippen molar-refractivity contribution >= 4 is 0 Å². The van der Waals surface area contributed by atoms with Crippen LogP contribution in [0.15, 0.2) is 48.5 Å². The Balaban J connectivity index is 2.54. The first-order valence-electron chi connectivity index (χ1n) is 5.81. The molecule has 0 unspecified atom stereocenters. The summed E-state index contributed by atoms with van der Waals surface area (Å²) in [5.41, 5.74) is 1.85. The Morgan fingerprint density at radius 1 is 1.06 bits per heavy atom. The van der Waals surface area contributed by atoms with Crippen LogP contribution in [-0.4, -0.2) is 5.11 Å². The number of hydrogen-bond donors (Lipinski definition) is 2. The van der Waals surface area contributed by atoms with Crippen molar-refractivity contribution in [1.29, 1.82) is 0 Å². The van der Waals surface area contributed by atoms with Crippen molar-refractivity contribution in [2.75, 3.05) is 0 Å². The van der Waals surface area contributed by atoms with E-state index in [2.05, 4.69) is 26.0 Å². The van der Waals surface area contributed by atoms with Gasteiger partial charge in [-0.15, -0.1) is 0 Å². The summed E-state index contributed by atoms with van der Waals surface area (Å²) in [4.78, 5) is 4.87. The maximum atomic E-state index is 9.47. The normalized spacial score (nSPS) is 11.3. The summed E-state index contributed by atoms with van der Waals surface area (Å²) in [7, 11) is 0. The van der Waals surface area contributed by atoms with Crippen molar-refractivity contribution in [3.8, 4) is 11.5 Å². The Morgan fingerprint density at radius 3 is 2.33 bits per heavy atom. The highest BCUT2D eigenvalue weighted by Gasteiger charge is 2.26. The number of aromatic hydroxyl groups is 1. The van der Waals surface area contributed by atoms with Crippen LogP contribution in [0.25, 0.3) is 0 Å². The molecule has 0 saturated heterocycles. The standard InChI is InChI=1S/C15H17NO2/c1-15(2,11-6-4-3-5-7-11)13-9-8-12(17)10-14(13)18-16/h3-10,17H,16H2,1-2H3. The van der Waals surface area contributed by atoms with Crippen LogP contribution >= 0.6 is 0 Å². The molecule has 0 fully saturated rings. The Morgan fingerprint density at radius 2 is 1.72 bits per heavy atom. The third-order valence-corrected chi connectivity index (χ3v) is 3.26. The quantitative estimate of drug-likeness (QED) is 0.815. The van der Waals surface area contributed by atoms with Crippen molar-refractivity contribution < 1.29 is 9.94 Å². The highest BCUT2D eigenvalue weighted by molar-refractivity contribution is 5.48. The first-order chi connectivity index (χ1) is 8.55. The lowest BCUT2D eigenvalue weighted by atomic mass is 9.77. The molecule has 94 valence electrons. The molecule has 0 amide bonds. The Kier molecular flexibility index (Phi) is 3.26. The molecule has 0 spiro atoms. The lowest BCUT2D eigenvalue weighted by Crippen LogP contribution is -2.21. The fourth-order valence-corrected chi connectivity index (χ4v) is 2.14. The maximum absolute atomic E-state index is 9.47. The van der Waals surface area contributed by atoms with Crippen molar-refractivity contribution in [2.45, 2.75) is 19.3 Å². The zero-order valence-electron chi connectivity index (χ0n) is 10.6. The number of benzene rings is 2. The molecule has 0 aliphatic carbocycles. The molecule has 0 aromatic heterocycles. The highest BCUT2D eigenvalue weighted by atomic mass is 16.6. The number of rotatable bonds is 3. The predicted molar refractivity (Wildman–Crippen MR) is 71.5 cm³/mol. The van der Waals surface area contributed by atoms with E-state index in [0.29, 0.717) is 5.75 Å². The van der Waals surface area contributed by atoms with Crippen molar-refractivity contribution in [1.82, 2.24) is 0 Å². The summed E-state index contributed by atoms with van der Waals surface area (Å²) >= 11 is 0. The van der Waals surface area contributed by atoms with Crippen LogP contribution in [0.3, 0.4) is 0 Å². The lowest BCUT2D eigenvalue weighted by molar-refractivity contribution is 0.323. The topological polar surface area (TPSA) is 55.5 Å². The van der Waals surface area contributed by atoms with E-state index in [-0.39, 0.29) is 11.2 Å². The zero-order valence-corrected chi connectivity index (χ0v) is 10.6. The SMILES string of the molecule is CC(C)(c1ccccc1)c1ccc(O)cc1ON. The van der Waals surface area contributed by atoms with E-state index in [1.807, 2.05) is 24.3 Å². The van der Waals surface area contributed by atoms with Gasteiger partial charge >= 0.3 is 0 Å². The van der Waals surface area contributed by atoms with Gasteiger partial charge in [0.15, 0.2) is 5.75 Å². The minimum Gasteiger partial charge on any atom is -0.508 e. The average molecular weight is 243 g/mol. The second-order valence-electron chi connectivity index (χ2n) is 4.79. The molecule has 2 rings (SSSR count). The Labute approximate surface area is 107 Å². The van der Waals surface area contributed by atoms with Gasteiger partial charge in [-0.05, 0) is 11.6 Å². The van der Waals surface area contributed by atoms with Gasteiger partial charge in [0.25, 0.3) is 0 Å². The third-order valence-electron chi connectivity index (χ3n) is 3.26. The van der Waals surface area contributed by atoms with Crippen molar-refractivity contribution in [2.24, 2.45) is 5.90 Å². The summed E-state index contributed by atoms with van der Waals surface area (Å²) in [5.74, 6) is 5.91. The molecule has 3 N–H and O–H groups in total. The van der Waals surface area contributed by atoms with E-state index in [1.165, 1.54) is 6.07 Å². The molecule has 0 aliphatic heterocycles. The predicted octanol–water partition coefficient (Wildman–Crippen LogP) is 2.97. The van der Waals surface area contributed by atoms with Crippen LogP contribution in [0.1, 0.15) is 25.0 Å². The van der Waals surface area contributed by atoms with E-state index < -0.39 is 0 Å². The second-order valence-corrected chi connectivity index (χ2v) is 4.79. The van der Waals surface area contributed by atoms with Gasteiger partial charge < -0.3 is 9.94 Å². The highest BCUT2D eigenvalue weighted by Crippen LogP contribution is 2.38. The summed E-state index contributed by atoms with van der Waals surface area (Å²) < 4.78 is 0. The number of phenols is 1. The monoisotopic (exact) mass is 243 g/mol. The smallest absolute Gasteiger partial charge is 0.154 e. The van der Waals surface area contributed by atoms with Gasteiger partial charge in [0.2, 0.25) is 0 Å². The third kappa shape index (κ3) is 2.17. The van der Waals surface area contributed by atoms with E-state index in [4.69, 9.17) is 10.7 Å². The molecule has 0 saturated carbocycles. The molecule has 0 atom stereocenters. The minimum absolute atomic E-state index is 0.142. The van der Waals surface area contributed by atoms with Gasteiger partial charge in [-0.2, -0.15) is 5.90 Å². The Bertz CT molecular complexity index is 535. The van der Waals surface area contributed by atoms with Gasteiger partial charge in [0.1, 0.15) is 5.75 Å². The van der Waals surface area contributed by atoms with Crippen molar-refractivity contribution in [3.05, 3.63) is 59.7 Å². The van der Waals surface area contributed by atoms with Crippen LogP contribution in [0.2, 0.25) is 0 Å². The van der Waals surface area contributed by atoms with Gasteiger partial charge in [0.05, 0.1) is 0 Å². The molecule has 18 heavy (non-hydrogen) atoms. The van der Waals surface area contributed by atoms with Crippen LogP contribution in [0, 0.1) is 0 Å². The molecule has 0 aliphatic rings. The van der Waals surface area contributed by atoms with Gasteiger partial charge in [-0.3, -0.25) is 0 Å². The molecule has 0 radical (unpaired) electrons. The lowest BCUT2D eigenvalue weighted by Gasteiger charge is -2.27. The minimum atomic E-state index is -0.246. The first kappa shape index (κ1) is 12.5. The summed E-state index contributed by atoms with van der Waals surface area (Å²) in [6.07, 6.45) is 0. The zero-order chi connectivity index (χ0) is 13.2. The van der Waals surface area contributed by atoms with E-state index in [0.717, 1.165) is 11.1 Å². The molecule has 3 nitrogen and oxygen atoms in total. The largest absolute Gasteiger partial charge is 0.508 e. The molecule has 2 aromatic carbocycles. The van der Waals surface area contributed by atoms with Crippen LogP contribution in [-0.2, 0) is 5.41 Å². The van der Waals surface area contributed by atoms with Crippen LogP contribution in [0.5, 0.6) is 11.5 Å². The molecule has 0 heterocycles. The summed E-state index contributed by atoms with van der Waals surface area (Å²) in [5, 5.41) is 9.47. The summed E-state index contributed by atoms with van der Waals surface area (Å²) in [6.45, 7) is 4.19. The molecular formula is C15H17NO2. The molecule has 2 aromatic rings. The second kappa shape index (κ2) is 4.70. The fourth-order valence-electron chi connectivity index (χ4n) is 2.14. The van der Waals surface area contributed by atoms with E-state index in [9.17, 15) is 5.11 Å². The van der Waals surface area contributed by atoms with E-state index >= 15 is 0 Å². The Hall–Kier alpha value is -2.00. The number of nitrogens with two attached hydrogens (primary N) is 1. The van der Waals surface area contributed by atoms with Crippen LogP contribution < -0.4 is 10.7 Å². The molecule has 3 heteroatoms. The fraction of sp³-hybridized carbons (Fsp3) is 0.200. The van der Waals surface area contributed by atoms with Gasteiger partial charge in [0, 0.05) is 17.0 Å². The first-order valence-corrected chi connectivity index (χ1v) is 5.81.